The van der Waals surface area contributed by atoms with Crippen molar-refractivity contribution in [3.05, 3.63) is 113 Å². The van der Waals surface area contributed by atoms with Gasteiger partial charge in [0.15, 0.2) is 12.0 Å². The van der Waals surface area contributed by atoms with Crippen molar-refractivity contribution >= 4 is 11.6 Å². The van der Waals surface area contributed by atoms with Crippen molar-refractivity contribution in [3.63, 3.8) is 0 Å². The number of halogens is 7. The van der Waals surface area contributed by atoms with Gasteiger partial charge >= 0.3 is 12.7 Å². The normalized spacial score (nSPS) is 12.6. The average Bonchev–Trinajstić information content (AvgIpc) is 3.80. The number of nitrogens with zero attached hydrogens (tertiary/aromatic N) is 10. The lowest BCUT2D eigenvalue weighted by Crippen LogP contribution is -2.36. The summed E-state index contributed by atoms with van der Waals surface area (Å²) in [4.78, 5) is 3.36. The summed E-state index contributed by atoms with van der Waals surface area (Å²) in [5.74, 6) is -0.834. The second-order valence-electron chi connectivity index (χ2n) is 9.60. The molecule has 230 valence electrons. The van der Waals surface area contributed by atoms with Gasteiger partial charge in [0.2, 0.25) is 5.69 Å². The molecule has 1 atom stereocenters. The van der Waals surface area contributed by atoms with E-state index in [1.165, 1.54) is 64.5 Å². The van der Waals surface area contributed by atoms with Crippen molar-refractivity contribution in [2.45, 2.75) is 25.2 Å². The van der Waals surface area contributed by atoms with Gasteiger partial charge in [-0.15, -0.1) is 5.10 Å². The number of hydrogen-bond donors (Lipinski definition) is 0. The summed E-state index contributed by atoms with van der Waals surface area (Å²) in [7, 11) is 0. The molecule has 0 aliphatic heterocycles. The number of benzene rings is 1. The van der Waals surface area contributed by atoms with Crippen LogP contribution in [0.15, 0.2) is 79.8 Å². The molecule has 0 radical (unpaired) electrons. The fourth-order valence-corrected chi connectivity index (χ4v) is 4.88. The van der Waals surface area contributed by atoms with Gasteiger partial charge in [0.1, 0.15) is 18.1 Å². The van der Waals surface area contributed by atoms with E-state index in [4.69, 9.17) is 11.6 Å². The molecule has 0 aliphatic rings. The summed E-state index contributed by atoms with van der Waals surface area (Å²) in [5, 5.41) is 32.3. The molecule has 0 N–H and O–H groups in total. The zero-order chi connectivity index (χ0) is 31.9. The molecule has 5 heterocycles. The molecule has 0 spiro atoms. The van der Waals surface area contributed by atoms with E-state index >= 15 is 4.39 Å². The van der Waals surface area contributed by atoms with E-state index in [1.807, 2.05) is 0 Å². The first kappa shape index (κ1) is 29.7. The van der Waals surface area contributed by atoms with E-state index in [-0.39, 0.29) is 50.8 Å². The van der Waals surface area contributed by atoms with Crippen molar-refractivity contribution in [2.24, 2.45) is 0 Å². The minimum absolute atomic E-state index is 0.0390. The molecule has 0 fully saturated rings. The lowest BCUT2D eigenvalue weighted by molar-refractivity contribution is -0.615. The highest BCUT2D eigenvalue weighted by molar-refractivity contribution is 6.31. The van der Waals surface area contributed by atoms with Gasteiger partial charge in [-0.25, -0.2) is 9.07 Å². The van der Waals surface area contributed by atoms with Gasteiger partial charge in [-0.1, -0.05) is 11.6 Å². The van der Waals surface area contributed by atoms with Crippen LogP contribution in [0.4, 0.5) is 26.3 Å². The molecule has 6 aromatic rings. The van der Waals surface area contributed by atoms with Crippen LogP contribution in [0, 0.1) is 11.0 Å². The fraction of sp³-hybridized carbons (Fsp3) is 0.148. The highest BCUT2D eigenvalue weighted by atomic mass is 35.5. The van der Waals surface area contributed by atoms with Gasteiger partial charge in [0.05, 0.1) is 33.7 Å². The summed E-state index contributed by atoms with van der Waals surface area (Å²) < 4.78 is 85.0. The van der Waals surface area contributed by atoms with Gasteiger partial charge in [-0.05, 0) is 52.4 Å². The van der Waals surface area contributed by atoms with Crippen molar-refractivity contribution in [3.8, 4) is 27.9 Å². The van der Waals surface area contributed by atoms with Crippen LogP contribution in [0.5, 0.6) is 0 Å². The van der Waals surface area contributed by atoms with Crippen LogP contribution in [0.3, 0.4) is 0 Å². The van der Waals surface area contributed by atoms with Gasteiger partial charge in [-0.2, -0.15) is 41.6 Å². The third kappa shape index (κ3) is 5.93. The maximum absolute atomic E-state index is 15.3. The summed E-state index contributed by atoms with van der Waals surface area (Å²) in [6.07, 6.45) is 2.30. The highest BCUT2D eigenvalue weighted by Crippen LogP contribution is 2.34. The van der Waals surface area contributed by atoms with Crippen molar-refractivity contribution in [2.75, 3.05) is 0 Å². The van der Waals surface area contributed by atoms with E-state index in [0.717, 1.165) is 24.7 Å². The Labute approximate surface area is 253 Å². The molecular weight excluding hydrogens is 630 g/mol. The number of aromatic nitrogens is 10. The molecule has 18 heteroatoms. The second-order valence-corrected chi connectivity index (χ2v) is 10.0. The van der Waals surface area contributed by atoms with Crippen molar-refractivity contribution in [1.82, 2.24) is 44.8 Å². The van der Waals surface area contributed by atoms with Gasteiger partial charge in [-0.3, -0.25) is 9.67 Å². The molecule has 1 aromatic carbocycles. The molecule has 11 nitrogen and oxygen atoms in total. The quantitative estimate of drug-likeness (QED) is 0.122. The van der Waals surface area contributed by atoms with E-state index in [0.29, 0.717) is 9.41 Å². The molecule has 0 amide bonds. The Balaban J connectivity index is 1.43. The molecule has 5 aromatic heterocycles. The van der Waals surface area contributed by atoms with Crippen LogP contribution in [0.25, 0.3) is 27.9 Å². The molecule has 0 aliphatic carbocycles. The molecule has 0 unspecified atom stereocenters. The fourth-order valence-electron chi connectivity index (χ4n) is 4.73. The molecule has 6 rings (SSSR count). The topological polar surface area (TPSA) is 119 Å². The molecule has 0 bridgehead atoms. The minimum Gasteiger partial charge on any atom is -0.618 e. The second kappa shape index (κ2) is 11.6. The smallest absolute Gasteiger partial charge is 0.433 e. The highest BCUT2D eigenvalue weighted by Gasteiger charge is 2.33. The maximum Gasteiger partial charge on any atom is 0.433 e. The van der Waals surface area contributed by atoms with Crippen LogP contribution in [-0.4, -0.2) is 44.8 Å². The van der Waals surface area contributed by atoms with Crippen LogP contribution in [0.1, 0.15) is 29.7 Å². The SMILES string of the molecule is [O-][n+]1cc(-c2c(-n3cnnn3)ccc(Cl)c2F)ccc1[C@@H](Cc1ccn(C(F)F)n1)n1cc(-c2ccnc(C(F)(F)F)c2)cn1. The third-order valence-corrected chi connectivity index (χ3v) is 7.11. The lowest BCUT2D eigenvalue weighted by Gasteiger charge is -2.18. The first-order valence-corrected chi connectivity index (χ1v) is 13.2. The van der Waals surface area contributed by atoms with Crippen LogP contribution < -0.4 is 4.73 Å². The van der Waals surface area contributed by atoms with Gasteiger partial charge in [0.25, 0.3) is 0 Å². The first-order chi connectivity index (χ1) is 21.5. The number of hydrogen-bond acceptors (Lipinski definition) is 7. The van der Waals surface area contributed by atoms with Gasteiger partial charge < -0.3 is 5.21 Å². The standard InChI is InChI=1S/C27H17ClF6N10O/c28-19-2-4-21(43-14-36-39-40-43)24(25(19)29)16-1-3-20(44(45)13-16)22(10-18-6-8-41(38-18)26(30)31)42-12-17(11-37-42)15-5-7-35-23(9-15)27(32,33)34/h1-9,11-14,22,26H,10H2/t22-/m1/s1. The molecular formula is C27H17ClF6N10O. The van der Waals surface area contributed by atoms with E-state index < -0.39 is 30.3 Å². The Bertz CT molecular complexity index is 1980. The van der Waals surface area contributed by atoms with Crippen molar-refractivity contribution < 1.29 is 31.1 Å². The average molecular weight is 647 g/mol. The third-order valence-electron chi connectivity index (χ3n) is 6.81. The zero-order valence-electron chi connectivity index (χ0n) is 22.4. The summed E-state index contributed by atoms with van der Waals surface area (Å²) in [6.45, 7) is -2.91. The lowest BCUT2D eigenvalue weighted by atomic mass is 10.0. The number of rotatable bonds is 8. The maximum atomic E-state index is 15.3. The van der Waals surface area contributed by atoms with Crippen LogP contribution in [0.2, 0.25) is 5.02 Å². The van der Waals surface area contributed by atoms with Gasteiger partial charge in [0, 0.05) is 36.6 Å². The van der Waals surface area contributed by atoms with E-state index in [9.17, 15) is 27.2 Å². The molecule has 0 saturated heterocycles. The van der Waals surface area contributed by atoms with Crippen molar-refractivity contribution in [1.29, 1.82) is 0 Å². The summed E-state index contributed by atoms with van der Waals surface area (Å²) in [5.41, 5.74) is -0.243. The summed E-state index contributed by atoms with van der Waals surface area (Å²) in [6, 6.07) is 8.17. The Hall–Kier alpha value is -5.32. The largest absolute Gasteiger partial charge is 0.618 e. The van der Waals surface area contributed by atoms with E-state index in [1.54, 1.807) is 0 Å². The monoisotopic (exact) mass is 646 g/mol. The predicted molar refractivity (Wildman–Crippen MR) is 144 cm³/mol. The van der Waals surface area contributed by atoms with Crippen LogP contribution >= 0.6 is 11.6 Å². The first-order valence-electron chi connectivity index (χ1n) is 12.8. The Morgan fingerprint density at radius 3 is 2.51 bits per heavy atom. The minimum atomic E-state index is -4.68. The summed E-state index contributed by atoms with van der Waals surface area (Å²) >= 11 is 6.04. The molecule has 45 heavy (non-hydrogen) atoms. The number of pyridine rings is 2. The molecule has 0 saturated carbocycles. The number of alkyl halides is 5. The Morgan fingerprint density at radius 1 is 1.00 bits per heavy atom. The zero-order valence-corrected chi connectivity index (χ0v) is 23.1. The predicted octanol–water partition coefficient (Wildman–Crippen LogP) is 5.46. The Morgan fingerprint density at radius 2 is 1.82 bits per heavy atom. The Kier molecular flexibility index (Phi) is 7.69. The van der Waals surface area contributed by atoms with Crippen LogP contribution in [-0.2, 0) is 12.6 Å². The van der Waals surface area contributed by atoms with E-state index in [2.05, 4.69) is 30.7 Å². The number of tetrazole rings is 1.